The Morgan fingerprint density at radius 2 is 1.52 bits per heavy atom. The van der Waals surface area contributed by atoms with Crippen molar-refractivity contribution in [3.8, 4) is 0 Å². The third kappa shape index (κ3) is 2.80. The average molecular weight is 308 g/mol. The van der Waals surface area contributed by atoms with Gasteiger partial charge in [-0.05, 0) is 24.5 Å². The number of ether oxygens (including phenoxy) is 1. The summed E-state index contributed by atoms with van der Waals surface area (Å²) >= 11 is 0. The van der Waals surface area contributed by atoms with Crippen LogP contribution in [0.15, 0.2) is 42.5 Å². The summed E-state index contributed by atoms with van der Waals surface area (Å²) in [4.78, 5) is 36.2. The third-order valence-corrected chi connectivity index (χ3v) is 4.06. The Morgan fingerprint density at radius 3 is 2.17 bits per heavy atom. The van der Waals surface area contributed by atoms with Gasteiger partial charge in [0.2, 0.25) is 0 Å². The monoisotopic (exact) mass is 308 g/mol. The highest BCUT2D eigenvalue weighted by atomic mass is 16.5. The smallest absolute Gasteiger partial charge is 0.305 e. The number of rotatable bonds is 4. The number of esters is 1. The van der Waals surface area contributed by atoms with Gasteiger partial charge >= 0.3 is 5.97 Å². The van der Waals surface area contributed by atoms with Crippen molar-refractivity contribution in [3.63, 3.8) is 0 Å². The SMILES string of the molecule is COC(=O)CCCc1ccc2c(c1)C(=O)c1ccccc1C2=O. The number of aryl methyl sites for hydroxylation is 1. The van der Waals surface area contributed by atoms with Crippen molar-refractivity contribution in [2.75, 3.05) is 7.11 Å². The number of fused-ring (bicyclic) bond motifs is 2. The molecule has 0 bridgehead atoms. The zero-order valence-corrected chi connectivity index (χ0v) is 12.8. The molecular weight excluding hydrogens is 292 g/mol. The van der Waals surface area contributed by atoms with Gasteiger partial charge in [-0.2, -0.15) is 0 Å². The topological polar surface area (TPSA) is 60.4 Å². The van der Waals surface area contributed by atoms with E-state index in [4.69, 9.17) is 0 Å². The number of methoxy groups -OCH3 is 1. The van der Waals surface area contributed by atoms with E-state index in [0.717, 1.165) is 5.56 Å². The van der Waals surface area contributed by atoms with Crippen molar-refractivity contribution in [3.05, 3.63) is 70.3 Å². The predicted octanol–water partition coefficient (Wildman–Crippen LogP) is 2.96. The summed E-state index contributed by atoms with van der Waals surface area (Å²) < 4.78 is 4.61. The molecule has 0 unspecified atom stereocenters. The minimum absolute atomic E-state index is 0.115. The lowest BCUT2D eigenvalue weighted by atomic mass is 9.83. The number of hydrogen-bond acceptors (Lipinski definition) is 4. The lowest BCUT2D eigenvalue weighted by Crippen LogP contribution is -2.21. The molecule has 0 radical (unpaired) electrons. The van der Waals surface area contributed by atoms with Gasteiger partial charge in [0.1, 0.15) is 0 Å². The van der Waals surface area contributed by atoms with Crippen LogP contribution < -0.4 is 0 Å². The van der Waals surface area contributed by atoms with Crippen molar-refractivity contribution < 1.29 is 19.1 Å². The van der Waals surface area contributed by atoms with Crippen LogP contribution in [0, 0.1) is 0 Å². The van der Waals surface area contributed by atoms with E-state index in [9.17, 15) is 14.4 Å². The molecule has 0 saturated carbocycles. The second-order valence-electron chi connectivity index (χ2n) is 5.51. The summed E-state index contributed by atoms with van der Waals surface area (Å²) in [6, 6.07) is 12.2. The zero-order chi connectivity index (χ0) is 16.4. The Morgan fingerprint density at radius 1 is 0.913 bits per heavy atom. The number of carbonyl (C=O) groups excluding carboxylic acids is 3. The van der Waals surface area contributed by atoms with Gasteiger partial charge in [0.15, 0.2) is 11.6 Å². The molecule has 2 aromatic carbocycles. The van der Waals surface area contributed by atoms with Crippen LogP contribution in [0.1, 0.15) is 50.2 Å². The number of benzene rings is 2. The van der Waals surface area contributed by atoms with Gasteiger partial charge in [0, 0.05) is 28.7 Å². The largest absolute Gasteiger partial charge is 0.469 e. The first-order valence-corrected chi connectivity index (χ1v) is 7.50. The maximum Gasteiger partial charge on any atom is 0.305 e. The molecule has 0 fully saturated rings. The van der Waals surface area contributed by atoms with Crippen LogP contribution in [0.2, 0.25) is 0 Å². The molecule has 23 heavy (non-hydrogen) atoms. The normalized spacial score (nSPS) is 12.6. The van der Waals surface area contributed by atoms with Crippen LogP contribution >= 0.6 is 0 Å². The fourth-order valence-electron chi connectivity index (χ4n) is 2.84. The Kier molecular flexibility index (Phi) is 4.06. The number of carbonyl (C=O) groups is 3. The summed E-state index contributed by atoms with van der Waals surface area (Å²) in [5.74, 6) is -0.482. The Labute approximate surface area is 134 Å². The summed E-state index contributed by atoms with van der Waals surface area (Å²) in [5.41, 5.74) is 2.75. The van der Waals surface area contributed by atoms with E-state index in [-0.39, 0.29) is 17.5 Å². The van der Waals surface area contributed by atoms with Crippen LogP contribution in [0.4, 0.5) is 0 Å². The fraction of sp³-hybridized carbons (Fsp3) is 0.211. The zero-order valence-electron chi connectivity index (χ0n) is 12.8. The minimum Gasteiger partial charge on any atom is -0.469 e. The summed E-state index contributed by atoms with van der Waals surface area (Å²) in [5, 5.41) is 0. The number of ketones is 2. The molecule has 4 heteroatoms. The van der Waals surface area contributed by atoms with E-state index >= 15 is 0 Å². The molecule has 1 aliphatic rings. The van der Waals surface area contributed by atoms with Gasteiger partial charge in [-0.15, -0.1) is 0 Å². The fourth-order valence-corrected chi connectivity index (χ4v) is 2.84. The van der Waals surface area contributed by atoms with Crippen molar-refractivity contribution in [2.45, 2.75) is 19.3 Å². The molecule has 0 heterocycles. The van der Waals surface area contributed by atoms with Gasteiger partial charge in [0.25, 0.3) is 0 Å². The molecule has 0 N–H and O–H groups in total. The average Bonchev–Trinajstić information content (AvgIpc) is 2.59. The summed E-state index contributed by atoms with van der Waals surface area (Å²) in [7, 11) is 1.36. The van der Waals surface area contributed by atoms with Crippen molar-refractivity contribution in [2.24, 2.45) is 0 Å². The van der Waals surface area contributed by atoms with E-state index in [2.05, 4.69) is 4.74 Å². The van der Waals surface area contributed by atoms with Gasteiger partial charge in [-0.1, -0.05) is 36.4 Å². The quantitative estimate of drug-likeness (QED) is 0.695. The Balaban J connectivity index is 1.87. The molecule has 2 aromatic rings. The summed E-state index contributed by atoms with van der Waals surface area (Å²) in [6.45, 7) is 0. The van der Waals surface area contributed by atoms with Gasteiger partial charge in [-0.25, -0.2) is 0 Å². The van der Waals surface area contributed by atoms with E-state index < -0.39 is 0 Å². The second-order valence-corrected chi connectivity index (χ2v) is 5.51. The maximum atomic E-state index is 12.6. The van der Waals surface area contributed by atoms with E-state index in [1.54, 1.807) is 36.4 Å². The summed E-state index contributed by atoms with van der Waals surface area (Å²) in [6.07, 6.45) is 1.64. The molecule has 0 aliphatic heterocycles. The van der Waals surface area contributed by atoms with Crippen LogP contribution in [-0.4, -0.2) is 24.6 Å². The molecule has 0 aromatic heterocycles. The predicted molar refractivity (Wildman–Crippen MR) is 84.7 cm³/mol. The Bertz CT molecular complexity index is 805. The molecule has 116 valence electrons. The molecule has 0 amide bonds. The van der Waals surface area contributed by atoms with Gasteiger partial charge < -0.3 is 4.74 Å². The molecule has 0 spiro atoms. The molecule has 0 saturated heterocycles. The van der Waals surface area contributed by atoms with Crippen LogP contribution in [-0.2, 0) is 16.0 Å². The second kappa shape index (κ2) is 6.16. The highest BCUT2D eigenvalue weighted by Gasteiger charge is 2.29. The molecular formula is C19H16O4. The minimum atomic E-state index is -0.247. The van der Waals surface area contributed by atoms with Gasteiger partial charge in [0.05, 0.1) is 7.11 Å². The van der Waals surface area contributed by atoms with Crippen molar-refractivity contribution in [1.82, 2.24) is 0 Å². The first kappa shape index (κ1) is 15.2. The lowest BCUT2D eigenvalue weighted by molar-refractivity contribution is -0.140. The molecule has 3 rings (SSSR count). The molecule has 4 nitrogen and oxygen atoms in total. The van der Waals surface area contributed by atoms with Gasteiger partial charge in [-0.3, -0.25) is 14.4 Å². The van der Waals surface area contributed by atoms with E-state index in [1.807, 2.05) is 6.07 Å². The first-order chi connectivity index (χ1) is 11.1. The standard InChI is InChI=1S/C19H16O4/c1-23-17(20)8-4-5-12-9-10-15-16(11-12)19(22)14-7-3-2-6-13(14)18(15)21/h2-3,6-7,9-11H,4-5,8H2,1H3. The van der Waals surface area contributed by atoms with E-state index in [0.29, 0.717) is 41.5 Å². The van der Waals surface area contributed by atoms with Crippen LogP contribution in [0.5, 0.6) is 0 Å². The lowest BCUT2D eigenvalue weighted by Gasteiger charge is -2.18. The van der Waals surface area contributed by atoms with Crippen molar-refractivity contribution in [1.29, 1.82) is 0 Å². The highest BCUT2D eigenvalue weighted by Crippen LogP contribution is 2.28. The number of hydrogen-bond donors (Lipinski definition) is 0. The Hall–Kier alpha value is -2.75. The maximum absolute atomic E-state index is 12.6. The van der Waals surface area contributed by atoms with Crippen LogP contribution in [0.25, 0.3) is 0 Å². The third-order valence-electron chi connectivity index (χ3n) is 4.06. The highest BCUT2D eigenvalue weighted by molar-refractivity contribution is 6.28. The molecule has 1 aliphatic carbocycles. The first-order valence-electron chi connectivity index (χ1n) is 7.50. The van der Waals surface area contributed by atoms with Crippen molar-refractivity contribution >= 4 is 17.5 Å². The van der Waals surface area contributed by atoms with E-state index in [1.165, 1.54) is 7.11 Å². The van der Waals surface area contributed by atoms with Crippen LogP contribution in [0.3, 0.4) is 0 Å². The molecule has 0 atom stereocenters.